The number of carboxylic acids is 1. The Bertz CT molecular complexity index is 908. The summed E-state index contributed by atoms with van der Waals surface area (Å²) in [6.07, 6.45) is 0.0679. The zero-order valence-corrected chi connectivity index (χ0v) is 18.1. The van der Waals surface area contributed by atoms with E-state index in [2.05, 4.69) is 13.8 Å². The smallest absolute Gasteiger partial charge is 0.311 e. The molecule has 0 spiro atoms. The van der Waals surface area contributed by atoms with Crippen molar-refractivity contribution in [3.63, 3.8) is 0 Å². The Balaban J connectivity index is 2.54. The van der Waals surface area contributed by atoms with Crippen molar-refractivity contribution in [1.82, 2.24) is 0 Å². The monoisotopic (exact) mass is 411 g/mol. The summed E-state index contributed by atoms with van der Waals surface area (Å²) in [4.78, 5) is 35.6. The lowest BCUT2D eigenvalue weighted by molar-refractivity contribution is -0.384. The molecule has 0 aliphatic heterocycles. The Morgan fingerprint density at radius 2 is 1.40 bits per heavy atom. The molecule has 0 fully saturated rings. The van der Waals surface area contributed by atoms with E-state index in [9.17, 15) is 24.8 Å². The van der Waals surface area contributed by atoms with Crippen molar-refractivity contribution in [2.75, 3.05) is 0 Å². The molecule has 2 atom stereocenters. The third-order valence-electron chi connectivity index (χ3n) is 5.40. The van der Waals surface area contributed by atoms with Crippen molar-refractivity contribution in [1.29, 1.82) is 0 Å². The molecular formula is C24H29NO5. The first kappa shape index (κ1) is 23.3. The molecule has 2 aromatic rings. The number of nitro groups is 1. The Hall–Kier alpha value is -3.02. The summed E-state index contributed by atoms with van der Waals surface area (Å²) in [5, 5.41) is 21.0. The fourth-order valence-electron chi connectivity index (χ4n) is 3.41. The maximum absolute atomic E-state index is 12.8. The molecule has 0 aromatic heterocycles. The van der Waals surface area contributed by atoms with Crippen LogP contribution in [0.4, 0.5) is 5.69 Å². The molecule has 0 amide bonds. The van der Waals surface area contributed by atoms with Crippen molar-refractivity contribution in [2.24, 2.45) is 5.41 Å². The molecule has 0 radical (unpaired) electrons. The van der Waals surface area contributed by atoms with Gasteiger partial charge in [-0.15, -0.1) is 0 Å². The summed E-state index contributed by atoms with van der Waals surface area (Å²) in [7, 11) is 0. The zero-order chi connectivity index (χ0) is 22.6. The van der Waals surface area contributed by atoms with Gasteiger partial charge in [-0.05, 0) is 22.6 Å². The third kappa shape index (κ3) is 5.53. The molecular weight excluding hydrogens is 382 g/mol. The van der Waals surface area contributed by atoms with Crippen LogP contribution >= 0.6 is 0 Å². The van der Waals surface area contributed by atoms with Crippen molar-refractivity contribution in [3.8, 4) is 0 Å². The van der Waals surface area contributed by atoms with Gasteiger partial charge in [-0.2, -0.15) is 0 Å². The maximum Gasteiger partial charge on any atom is 0.311 e. The molecule has 0 saturated carbocycles. The predicted octanol–water partition coefficient (Wildman–Crippen LogP) is 5.68. The number of non-ortho nitro benzene ring substituents is 1. The Morgan fingerprint density at radius 3 is 1.80 bits per heavy atom. The highest BCUT2D eigenvalue weighted by molar-refractivity contribution is 5.86. The average Bonchev–Trinajstić information content (AvgIpc) is 2.66. The summed E-state index contributed by atoms with van der Waals surface area (Å²) in [6.45, 7) is 9.60. The van der Waals surface area contributed by atoms with E-state index in [0.717, 1.165) is 11.1 Å². The first-order valence-corrected chi connectivity index (χ1v) is 10.0. The largest absolute Gasteiger partial charge is 0.481 e. The number of nitro benzene ring substituents is 1. The number of carboxylic acid groups (broad SMARTS) is 1. The van der Waals surface area contributed by atoms with Gasteiger partial charge in [0.2, 0.25) is 0 Å². The van der Waals surface area contributed by atoms with Crippen LogP contribution in [0.15, 0.2) is 48.5 Å². The van der Waals surface area contributed by atoms with Crippen molar-refractivity contribution in [3.05, 3.63) is 75.3 Å². The second-order valence-electron chi connectivity index (χ2n) is 8.97. The predicted molar refractivity (Wildman–Crippen MR) is 116 cm³/mol. The van der Waals surface area contributed by atoms with E-state index < -0.39 is 28.1 Å². The van der Waals surface area contributed by atoms with E-state index >= 15 is 0 Å². The van der Waals surface area contributed by atoms with E-state index in [1.807, 2.05) is 45.0 Å². The van der Waals surface area contributed by atoms with Crippen LogP contribution < -0.4 is 0 Å². The van der Waals surface area contributed by atoms with Crippen LogP contribution in [0.1, 0.15) is 75.5 Å². The first-order chi connectivity index (χ1) is 13.9. The van der Waals surface area contributed by atoms with Crippen LogP contribution in [0.3, 0.4) is 0 Å². The molecule has 0 aliphatic rings. The molecule has 160 valence electrons. The average molecular weight is 411 g/mol. The zero-order valence-electron chi connectivity index (χ0n) is 18.1. The molecule has 2 aromatic carbocycles. The molecule has 0 bridgehead atoms. The van der Waals surface area contributed by atoms with Crippen LogP contribution in [-0.4, -0.2) is 21.8 Å². The normalized spacial score (nSPS) is 13.7. The summed E-state index contributed by atoms with van der Waals surface area (Å²) < 4.78 is 0. The van der Waals surface area contributed by atoms with E-state index in [0.29, 0.717) is 11.5 Å². The van der Waals surface area contributed by atoms with Gasteiger partial charge in [-0.3, -0.25) is 19.7 Å². The van der Waals surface area contributed by atoms with Crippen molar-refractivity contribution in [2.45, 2.75) is 58.8 Å². The van der Waals surface area contributed by atoms with E-state index in [-0.39, 0.29) is 17.9 Å². The molecule has 1 N–H and O–H groups in total. The van der Waals surface area contributed by atoms with Crippen LogP contribution in [0.25, 0.3) is 0 Å². The lowest BCUT2D eigenvalue weighted by atomic mass is 9.75. The van der Waals surface area contributed by atoms with Crippen LogP contribution in [0, 0.1) is 15.5 Å². The summed E-state index contributed by atoms with van der Waals surface area (Å²) in [5.74, 6) is -2.35. The molecule has 0 unspecified atom stereocenters. The molecule has 0 saturated heterocycles. The molecule has 0 heterocycles. The fourth-order valence-corrected chi connectivity index (χ4v) is 3.41. The summed E-state index contributed by atoms with van der Waals surface area (Å²) in [5.41, 5.74) is 1.62. The lowest BCUT2D eigenvalue weighted by Crippen LogP contribution is -2.27. The highest BCUT2D eigenvalue weighted by Gasteiger charge is 2.35. The second kappa shape index (κ2) is 9.20. The van der Waals surface area contributed by atoms with Gasteiger partial charge < -0.3 is 5.11 Å². The number of nitrogens with zero attached hydrogens (tertiary/aromatic N) is 1. The first-order valence-electron chi connectivity index (χ1n) is 10.0. The van der Waals surface area contributed by atoms with Gasteiger partial charge in [0.25, 0.3) is 5.69 Å². The summed E-state index contributed by atoms with van der Waals surface area (Å²) in [6, 6.07) is 13.2. The Labute approximate surface area is 177 Å². The highest BCUT2D eigenvalue weighted by atomic mass is 16.6. The number of Topliss-reactive ketones (excluding diaryl/α,β-unsaturated/α-hetero) is 1. The Kier molecular flexibility index (Phi) is 7.13. The number of rotatable bonds is 8. The minimum absolute atomic E-state index is 0.0337. The number of hydrogen-bond acceptors (Lipinski definition) is 4. The van der Waals surface area contributed by atoms with Gasteiger partial charge in [-0.25, -0.2) is 0 Å². The Morgan fingerprint density at radius 1 is 0.933 bits per heavy atom. The van der Waals surface area contributed by atoms with Crippen LogP contribution in [0.5, 0.6) is 0 Å². The van der Waals surface area contributed by atoms with Gasteiger partial charge in [-0.1, -0.05) is 71.0 Å². The molecule has 2 rings (SSSR count). The standard InChI is InChI=1S/C24H29NO5/c1-15(2)16-6-8-17(9-7-16)20(14-21(26)24(3,4)5)22(23(27)28)18-10-12-19(13-11-18)25(29)30/h6-13,15,20,22H,14H2,1-5H3,(H,27,28)/t20-,22-/m0/s1. The lowest BCUT2D eigenvalue weighted by Gasteiger charge is -2.27. The fraction of sp³-hybridized carbons (Fsp3) is 0.417. The molecule has 6 nitrogen and oxygen atoms in total. The SMILES string of the molecule is CC(C)c1ccc([C@H](CC(=O)C(C)(C)C)[C@@H](C(=O)O)c2ccc([N+](=O)[O-])cc2)cc1. The highest BCUT2D eigenvalue weighted by Crippen LogP contribution is 2.39. The number of carbonyl (C=O) groups excluding carboxylic acids is 1. The van der Waals surface area contributed by atoms with Crippen LogP contribution in [-0.2, 0) is 9.59 Å². The van der Waals surface area contributed by atoms with Gasteiger partial charge in [0.15, 0.2) is 0 Å². The summed E-state index contributed by atoms with van der Waals surface area (Å²) >= 11 is 0. The van der Waals surface area contributed by atoms with Gasteiger partial charge in [0, 0.05) is 29.9 Å². The maximum atomic E-state index is 12.8. The van der Waals surface area contributed by atoms with Crippen molar-refractivity contribution < 1.29 is 19.6 Å². The van der Waals surface area contributed by atoms with E-state index in [4.69, 9.17) is 0 Å². The quantitative estimate of drug-likeness (QED) is 0.445. The topological polar surface area (TPSA) is 97.5 Å². The molecule has 0 aliphatic carbocycles. The number of benzene rings is 2. The van der Waals surface area contributed by atoms with Gasteiger partial charge in [0.1, 0.15) is 5.78 Å². The molecule has 30 heavy (non-hydrogen) atoms. The number of hydrogen-bond donors (Lipinski definition) is 1. The number of carbonyl (C=O) groups is 2. The minimum atomic E-state index is -1.07. The van der Waals surface area contributed by atoms with Crippen molar-refractivity contribution >= 4 is 17.4 Å². The van der Waals surface area contributed by atoms with E-state index in [1.54, 1.807) is 0 Å². The molecule has 6 heteroatoms. The van der Waals surface area contributed by atoms with Gasteiger partial charge >= 0.3 is 5.97 Å². The third-order valence-corrected chi connectivity index (χ3v) is 5.40. The number of ketones is 1. The number of aliphatic carboxylic acids is 1. The van der Waals surface area contributed by atoms with E-state index in [1.165, 1.54) is 24.3 Å². The second-order valence-corrected chi connectivity index (χ2v) is 8.97. The van der Waals surface area contributed by atoms with Crippen LogP contribution in [0.2, 0.25) is 0 Å². The van der Waals surface area contributed by atoms with Gasteiger partial charge in [0.05, 0.1) is 10.8 Å². The minimum Gasteiger partial charge on any atom is -0.481 e.